The van der Waals surface area contributed by atoms with Gasteiger partial charge >= 0.3 is 5.97 Å². The third-order valence-corrected chi connectivity index (χ3v) is 4.24. The predicted octanol–water partition coefficient (Wildman–Crippen LogP) is 1.59. The number of hydrogen-bond acceptors (Lipinski definition) is 4. The second kappa shape index (κ2) is 6.64. The van der Waals surface area contributed by atoms with E-state index in [-0.39, 0.29) is 11.5 Å². The van der Waals surface area contributed by atoms with Crippen LogP contribution < -0.4 is 10.5 Å². The van der Waals surface area contributed by atoms with Gasteiger partial charge < -0.3 is 14.6 Å². The molecule has 1 N–H and O–H groups in total. The van der Waals surface area contributed by atoms with Crippen molar-refractivity contribution in [3.63, 3.8) is 0 Å². The summed E-state index contributed by atoms with van der Waals surface area (Å²) in [6.45, 7) is 1.60. The van der Waals surface area contributed by atoms with Crippen LogP contribution in [0.1, 0.15) is 18.4 Å². The first-order chi connectivity index (χ1) is 11.1. The number of aliphatic carboxylic acids is 1. The van der Waals surface area contributed by atoms with Crippen molar-refractivity contribution in [3.8, 4) is 0 Å². The van der Waals surface area contributed by atoms with Crippen LogP contribution in [0.25, 0.3) is 0 Å². The van der Waals surface area contributed by atoms with Crippen LogP contribution in [0.4, 0.5) is 5.82 Å². The molecule has 6 heteroatoms. The van der Waals surface area contributed by atoms with Crippen LogP contribution in [0.15, 0.2) is 47.5 Å². The van der Waals surface area contributed by atoms with Crippen LogP contribution in [0, 0.1) is 5.92 Å². The highest BCUT2D eigenvalue weighted by molar-refractivity contribution is 5.70. The van der Waals surface area contributed by atoms with Crippen molar-refractivity contribution in [2.75, 3.05) is 18.0 Å². The Morgan fingerprint density at radius 1 is 1.22 bits per heavy atom. The minimum absolute atomic E-state index is 0.134. The number of carboxylic acids is 1. The monoisotopic (exact) mass is 313 g/mol. The van der Waals surface area contributed by atoms with Crippen molar-refractivity contribution in [2.24, 2.45) is 5.92 Å². The lowest BCUT2D eigenvalue weighted by Crippen LogP contribution is -2.40. The van der Waals surface area contributed by atoms with E-state index in [1.54, 1.807) is 17.0 Å². The molecule has 6 nitrogen and oxygen atoms in total. The summed E-state index contributed by atoms with van der Waals surface area (Å²) in [6, 6.07) is 9.78. The molecule has 0 bridgehead atoms. The maximum atomic E-state index is 12.6. The Morgan fingerprint density at radius 2 is 1.91 bits per heavy atom. The van der Waals surface area contributed by atoms with Crippen LogP contribution >= 0.6 is 0 Å². The van der Waals surface area contributed by atoms with Crippen LogP contribution in [0.3, 0.4) is 0 Å². The fourth-order valence-corrected chi connectivity index (χ4v) is 2.90. The molecule has 0 radical (unpaired) electrons. The first kappa shape index (κ1) is 15.3. The molecule has 0 aliphatic carbocycles. The topological polar surface area (TPSA) is 75.4 Å². The number of benzene rings is 1. The zero-order chi connectivity index (χ0) is 16.2. The summed E-state index contributed by atoms with van der Waals surface area (Å²) >= 11 is 0. The van der Waals surface area contributed by atoms with Gasteiger partial charge in [-0.25, -0.2) is 4.98 Å². The van der Waals surface area contributed by atoms with E-state index < -0.39 is 5.97 Å². The molecule has 0 saturated carbocycles. The largest absolute Gasteiger partial charge is 0.481 e. The highest BCUT2D eigenvalue weighted by atomic mass is 16.4. The lowest BCUT2D eigenvalue weighted by molar-refractivity contribution is -0.142. The SMILES string of the molecule is O=C(O)C1CCN(c2nccn(Cc3ccccc3)c2=O)CC1. The van der Waals surface area contributed by atoms with Gasteiger partial charge in [0.2, 0.25) is 0 Å². The summed E-state index contributed by atoms with van der Waals surface area (Å²) in [6.07, 6.45) is 4.40. The van der Waals surface area contributed by atoms with E-state index in [0.717, 1.165) is 5.56 Å². The second-order valence-electron chi connectivity index (χ2n) is 5.77. The molecule has 1 saturated heterocycles. The van der Waals surface area contributed by atoms with Crippen molar-refractivity contribution in [2.45, 2.75) is 19.4 Å². The third kappa shape index (κ3) is 3.41. The zero-order valence-electron chi connectivity index (χ0n) is 12.8. The van der Waals surface area contributed by atoms with Gasteiger partial charge in [-0.2, -0.15) is 0 Å². The Balaban J connectivity index is 1.78. The molecular formula is C17H19N3O3. The highest BCUT2D eigenvalue weighted by Gasteiger charge is 2.26. The van der Waals surface area contributed by atoms with Gasteiger partial charge in [0.05, 0.1) is 12.5 Å². The lowest BCUT2D eigenvalue weighted by atomic mass is 9.97. The number of piperidine rings is 1. The van der Waals surface area contributed by atoms with Gasteiger partial charge in [0, 0.05) is 25.5 Å². The fraction of sp³-hybridized carbons (Fsp3) is 0.353. The average molecular weight is 313 g/mol. The fourth-order valence-electron chi connectivity index (χ4n) is 2.90. The van der Waals surface area contributed by atoms with E-state index in [1.807, 2.05) is 35.2 Å². The van der Waals surface area contributed by atoms with Crippen molar-refractivity contribution < 1.29 is 9.90 Å². The van der Waals surface area contributed by atoms with Crippen molar-refractivity contribution in [3.05, 3.63) is 58.6 Å². The van der Waals surface area contributed by atoms with Crippen molar-refractivity contribution in [1.29, 1.82) is 0 Å². The van der Waals surface area contributed by atoms with Gasteiger partial charge in [-0.05, 0) is 18.4 Å². The lowest BCUT2D eigenvalue weighted by Gasteiger charge is -2.30. The van der Waals surface area contributed by atoms with Gasteiger partial charge in [-0.3, -0.25) is 9.59 Å². The molecule has 1 aliphatic rings. The number of hydrogen-bond donors (Lipinski definition) is 1. The molecule has 2 heterocycles. The summed E-state index contributed by atoms with van der Waals surface area (Å²) in [5.41, 5.74) is 0.918. The number of carboxylic acid groups (broad SMARTS) is 1. The summed E-state index contributed by atoms with van der Waals surface area (Å²) in [7, 11) is 0. The van der Waals surface area contributed by atoms with Crippen LogP contribution in [-0.4, -0.2) is 33.7 Å². The van der Waals surface area contributed by atoms with Gasteiger partial charge in [0.25, 0.3) is 5.56 Å². The molecule has 1 aromatic heterocycles. The number of carbonyl (C=O) groups is 1. The molecule has 0 atom stereocenters. The van der Waals surface area contributed by atoms with Crippen LogP contribution in [-0.2, 0) is 11.3 Å². The first-order valence-corrected chi connectivity index (χ1v) is 7.72. The quantitative estimate of drug-likeness (QED) is 0.928. The number of aromatic nitrogens is 2. The molecule has 1 aromatic carbocycles. The molecule has 0 spiro atoms. The number of nitrogens with zero attached hydrogens (tertiary/aromatic N) is 3. The summed E-state index contributed by atoms with van der Waals surface area (Å²) in [4.78, 5) is 29.8. The van der Waals surface area contributed by atoms with Crippen molar-refractivity contribution in [1.82, 2.24) is 9.55 Å². The molecular weight excluding hydrogens is 294 g/mol. The third-order valence-electron chi connectivity index (χ3n) is 4.24. The van der Waals surface area contributed by atoms with E-state index in [0.29, 0.717) is 38.3 Å². The van der Waals surface area contributed by atoms with E-state index in [4.69, 9.17) is 5.11 Å². The Hall–Kier alpha value is -2.63. The maximum Gasteiger partial charge on any atom is 0.306 e. The Kier molecular flexibility index (Phi) is 4.41. The molecule has 0 amide bonds. The zero-order valence-corrected chi connectivity index (χ0v) is 12.8. The van der Waals surface area contributed by atoms with E-state index in [1.165, 1.54) is 0 Å². The highest BCUT2D eigenvalue weighted by Crippen LogP contribution is 2.19. The first-order valence-electron chi connectivity index (χ1n) is 7.72. The van der Waals surface area contributed by atoms with Gasteiger partial charge in [-0.15, -0.1) is 0 Å². The number of rotatable bonds is 4. The Labute approximate surface area is 134 Å². The molecule has 0 unspecified atom stereocenters. The van der Waals surface area contributed by atoms with Gasteiger partial charge in [0.1, 0.15) is 0 Å². The Morgan fingerprint density at radius 3 is 2.57 bits per heavy atom. The predicted molar refractivity (Wildman–Crippen MR) is 86.6 cm³/mol. The number of anilines is 1. The standard InChI is InChI=1S/C17H19N3O3/c21-16-15(19-9-6-14(7-10-19)17(22)23)18-8-11-20(16)12-13-4-2-1-3-5-13/h1-5,8,11,14H,6-7,9-10,12H2,(H,22,23). The molecule has 1 aliphatic heterocycles. The summed E-state index contributed by atoms with van der Waals surface area (Å²) in [5, 5.41) is 9.06. The summed E-state index contributed by atoms with van der Waals surface area (Å²) in [5.74, 6) is -0.666. The molecule has 3 rings (SSSR count). The van der Waals surface area contributed by atoms with Crippen molar-refractivity contribution >= 4 is 11.8 Å². The molecule has 2 aromatic rings. The van der Waals surface area contributed by atoms with E-state index in [9.17, 15) is 9.59 Å². The normalized spacial score (nSPS) is 15.6. The second-order valence-corrected chi connectivity index (χ2v) is 5.77. The minimum Gasteiger partial charge on any atom is -0.481 e. The summed E-state index contributed by atoms with van der Waals surface area (Å²) < 4.78 is 1.64. The molecule has 23 heavy (non-hydrogen) atoms. The Bertz CT molecular complexity index is 734. The average Bonchev–Trinajstić information content (AvgIpc) is 2.58. The molecule has 1 fully saturated rings. The van der Waals surface area contributed by atoms with Gasteiger partial charge in [-0.1, -0.05) is 30.3 Å². The van der Waals surface area contributed by atoms with E-state index in [2.05, 4.69) is 4.98 Å². The van der Waals surface area contributed by atoms with Gasteiger partial charge in [0.15, 0.2) is 5.82 Å². The van der Waals surface area contributed by atoms with Crippen LogP contribution in [0.2, 0.25) is 0 Å². The van der Waals surface area contributed by atoms with E-state index >= 15 is 0 Å². The maximum absolute atomic E-state index is 12.6. The molecule has 120 valence electrons. The smallest absolute Gasteiger partial charge is 0.306 e. The van der Waals surface area contributed by atoms with Crippen LogP contribution in [0.5, 0.6) is 0 Å². The minimum atomic E-state index is -0.757.